The highest BCUT2D eigenvalue weighted by molar-refractivity contribution is 6.44. The molecule has 1 aromatic heterocycles. The third-order valence-corrected chi connectivity index (χ3v) is 6.25. The maximum Gasteiger partial charge on any atom is 0.291 e. The quantitative estimate of drug-likeness (QED) is 0.412. The first-order chi connectivity index (χ1) is 14.5. The minimum Gasteiger partial charge on any atom is -0.497 e. The zero-order chi connectivity index (χ0) is 21.3. The molecular formula is C23H26N2O5. The Morgan fingerprint density at radius 2 is 1.87 bits per heavy atom. The van der Waals surface area contributed by atoms with Gasteiger partial charge in [-0.1, -0.05) is 24.4 Å². The summed E-state index contributed by atoms with van der Waals surface area (Å²) in [5.41, 5.74) is 1.01. The molecule has 0 N–H and O–H groups in total. The van der Waals surface area contributed by atoms with Crippen LogP contribution >= 0.6 is 0 Å². The van der Waals surface area contributed by atoms with Crippen molar-refractivity contribution in [2.45, 2.75) is 51.6 Å². The average molecular weight is 410 g/mol. The molecule has 0 bridgehead atoms. The number of aromatic nitrogens is 1. The number of nitrogens with zero attached hydrogens (tertiary/aromatic N) is 2. The van der Waals surface area contributed by atoms with E-state index in [0.717, 1.165) is 32.1 Å². The third kappa shape index (κ3) is 3.76. The van der Waals surface area contributed by atoms with E-state index < -0.39 is 23.7 Å². The molecular weight excluding hydrogens is 384 g/mol. The van der Waals surface area contributed by atoms with E-state index >= 15 is 0 Å². The highest BCUT2D eigenvalue weighted by Gasteiger charge is 2.53. The summed E-state index contributed by atoms with van der Waals surface area (Å²) in [7, 11) is 1.55. The van der Waals surface area contributed by atoms with Gasteiger partial charge in [-0.25, -0.2) is 0 Å². The molecule has 1 saturated heterocycles. The number of amides is 1. The second kappa shape index (κ2) is 8.42. The van der Waals surface area contributed by atoms with Crippen LogP contribution in [-0.2, 0) is 16.1 Å². The Kier molecular flexibility index (Phi) is 5.70. The third-order valence-electron chi connectivity index (χ3n) is 6.25. The van der Waals surface area contributed by atoms with Crippen LogP contribution in [0.3, 0.4) is 0 Å². The molecule has 2 unspecified atom stereocenters. The molecule has 1 aromatic carbocycles. The fourth-order valence-electron chi connectivity index (χ4n) is 4.80. The number of methoxy groups -OCH3 is 1. The summed E-state index contributed by atoms with van der Waals surface area (Å²) in [6, 6.07) is 8.01. The lowest BCUT2D eigenvalue weighted by Gasteiger charge is -2.35. The smallest absolute Gasteiger partial charge is 0.291 e. The Balaban J connectivity index is 1.68. The Bertz CT molecular complexity index is 943. The molecule has 2 aromatic rings. The molecule has 7 heteroatoms. The van der Waals surface area contributed by atoms with Crippen LogP contribution in [-0.4, -0.2) is 40.7 Å². The first-order valence-corrected chi connectivity index (χ1v) is 10.4. The summed E-state index contributed by atoms with van der Waals surface area (Å²) in [5.74, 6) is -1.11. The van der Waals surface area contributed by atoms with Gasteiger partial charge in [-0.15, -0.1) is 0 Å². The second-order valence-electron chi connectivity index (χ2n) is 8.19. The first-order valence-electron chi connectivity index (χ1n) is 10.4. The molecule has 2 aliphatic rings. The number of Topliss-reactive ketones (excluding diaryl/α,β-unsaturated/α-hetero) is 2. The van der Waals surface area contributed by atoms with Crippen molar-refractivity contribution in [1.82, 2.24) is 10.1 Å². The highest BCUT2D eigenvalue weighted by Crippen LogP contribution is 2.39. The van der Waals surface area contributed by atoms with Crippen molar-refractivity contribution < 1.29 is 23.6 Å². The van der Waals surface area contributed by atoms with Gasteiger partial charge in [0.1, 0.15) is 23.1 Å². The summed E-state index contributed by atoms with van der Waals surface area (Å²) in [6.45, 7) is 1.96. The van der Waals surface area contributed by atoms with Crippen LogP contribution in [0.4, 0.5) is 0 Å². The van der Waals surface area contributed by atoms with Gasteiger partial charge < -0.3 is 14.2 Å². The number of rotatable bonds is 6. The minimum atomic E-state index is -0.984. The molecule has 2 fully saturated rings. The molecule has 2 atom stereocenters. The van der Waals surface area contributed by atoms with E-state index in [2.05, 4.69) is 5.16 Å². The van der Waals surface area contributed by atoms with Crippen molar-refractivity contribution in [2.24, 2.45) is 11.8 Å². The molecule has 4 rings (SSSR count). The van der Waals surface area contributed by atoms with Crippen molar-refractivity contribution in [3.05, 3.63) is 47.3 Å². The summed E-state index contributed by atoms with van der Waals surface area (Å²) in [4.78, 5) is 40.9. The molecule has 2 heterocycles. The topological polar surface area (TPSA) is 89.7 Å². The molecule has 0 spiro atoms. The van der Waals surface area contributed by atoms with E-state index in [1.54, 1.807) is 49.3 Å². The number of ketones is 2. The van der Waals surface area contributed by atoms with Gasteiger partial charge in [-0.2, -0.15) is 0 Å². The van der Waals surface area contributed by atoms with Crippen LogP contribution in [0, 0.1) is 18.8 Å². The van der Waals surface area contributed by atoms with Crippen molar-refractivity contribution in [2.75, 3.05) is 7.11 Å². The van der Waals surface area contributed by atoms with Crippen LogP contribution in [0.1, 0.15) is 53.9 Å². The van der Waals surface area contributed by atoms with Gasteiger partial charge in [0.25, 0.3) is 5.91 Å². The van der Waals surface area contributed by atoms with E-state index in [0.29, 0.717) is 22.8 Å². The van der Waals surface area contributed by atoms with E-state index in [-0.39, 0.29) is 18.2 Å². The van der Waals surface area contributed by atoms with Gasteiger partial charge in [-0.05, 0) is 49.9 Å². The molecule has 1 aliphatic heterocycles. The molecule has 1 saturated carbocycles. The van der Waals surface area contributed by atoms with Crippen molar-refractivity contribution in [3.8, 4) is 5.75 Å². The van der Waals surface area contributed by atoms with Crippen LogP contribution in [0.25, 0.3) is 0 Å². The summed E-state index contributed by atoms with van der Waals surface area (Å²) < 4.78 is 10.3. The number of ether oxygens (including phenoxy) is 1. The van der Waals surface area contributed by atoms with Gasteiger partial charge >= 0.3 is 0 Å². The Morgan fingerprint density at radius 1 is 1.17 bits per heavy atom. The van der Waals surface area contributed by atoms with Crippen molar-refractivity contribution in [1.29, 1.82) is 0 Å². The number of likely N-dealkylation sites (tertiary alicyclic amines) is 1. The summed E-state index contributed by atoms with van der Waals surface area (Å²) in [6.07, 6.45) is 5.05. The van der Waals surface area contributed by atoms with Crippen molar-refractivity contribution >= 4 is 17.5 Å². The standard InChI is InChI=1S/C23H26N2O5/c1-14-12-17(24-30-14)13-25-20(15-6-4-3-5-7-15)19(22(27)23(25)28)21(26)16-8-10-18(29-2)11-9-16/h8-12,15,19-20H,3-7,13H2,1-2H3. The summed E-state index contributed by atoms with van der Waals surface area (Å²) in [5, 5.41) is 3.99. The van der Waals surface area contributed by atoms with Gasteiger partial charge in [0, 0.05) is 11.6 Å². The Hall–Kier alpha value is -2.96. The van der Waals surface area contributed by atoms with Crippen molar-refractivity contribution in [3.63, 3.8) is 0 Å². The molecule has 158 valence electrons. The lowest BCUT2D eigenvalue weighted by Crippen LogP contribution is -2.43. The maximum absolute atomic E-state index is 13.4. The lowest BCUT2D eigenvalue weighted by molar-refractivity contribution is -0.141. The Labute approximate surface area is 175 Å². The molecule has 1 aliphatic carbocycles. The lowest BCUT2D eigenvalue weighted by atomic mass is 9.76. The Morgan fingerprint density at radius 3 is 2.47 bits per heavy atom. The second-order valence-corrected chi connectivity index (χ2v) is 8.19. The molecule has 1 amide bonds. The fourth-order valence-corrected chi connectivity index (χ4v) is 4.80. The zero-order valence-electron chi connectivity index (χ0n) is 17.3. The van der Waals surface area contributed by atoms with Gasteiger partial charge in [0.2, 0.25) is 5.78 Å². The zero-order valence-corrected chi connectivity index (χ0v) is 17.3. The SMILES string of the molecule is COc1ccc(C(=O)C2C(=O)C(=O)N(Cc3cc(C)on3)C2C2CCCCC2)cc1. The minimum absolute atomic E-state index is 0.120. The van der Waals surface area contributed by atoms with E-state index in [1.165, 1.54) is 0 Å². The molecule has 0 radical (unpaired) electrons. The van der Waals surface area contributed by atoms with E-state index in [1.807, 2.05) is 0 Å². The van der Waals surface area contributed by atoms with Crippen LogP contribution in [0.15, 0.2) is 34.9 Å². The number of carbonyl (C=O) groups excluding carboxylic acids is 3. The largest absolute Gasteiger partial charge is 0.497 e. The predicted octanol–water partition coefficient (Wildman–Crippen LogP) is 3.35. The number of hydrogen-bond donors (Lipinski definition) is 0. The maximum atomic E-state index is 13.4. The number of aryl methyl sites for hydroxylation is 1. The summed E-state index contributed by atoms with van der Waals surface area (Å²) >= 11 is 0. The predicted molar refractivity (Wildman–Crippen MR) is 108 cm³/mol. The van der Waals surface area contributed by atoms with E-state index in [4.69, 9.17) is 9.26 Å². The first kappa shape index (κ1) is 20.3. The van der Waals surface area contributed by atoms with Gasteiger partial charge in [0.05, 0.1) is 19.7 Å². The fraction of sp³-hybridized carbons (Fsp3) is 0.478. The monoisotopic (exact) mass is 410 g/mol. The van der Waals surface area contributed by atoms with Crippen LogP contribution in [0.2, 0.25) is 0 Å². The number of carbonyl (C=O) groups is 3. The number of hydrogen-bond acceptors (Lipinski definition) is 6. The van der Waals surface area contributed by atoms with Crippen LogP contribution in [0.5, 0.6) is 5.75 Å². The highest BCUT2D eigenvalue weighted by atomic mass is 16.5. The average Bonchev–Trinajstić information content (AvgIpc) is 3.30. The van der Waals surface area contributed by atoms with Gasteiger partial charge in [-0.3, -0.25) is 14.4 Å². The number of benzene rings is 1. The normalized spacial score (nSPS) is 22.5. The van der Waals surface area contributed by atoms with Crippen LogP contribution < -0.4 is 4.74 Å². The molecule has 7 nitrogen and oxygen atoms in total. The van der Waals surface area contributed by atoms with Gasteiger partial charge in [0.15, 0.2) is 5.78 Å². The van der Waals surface area contributed by atoms with E-state index in [9.17, 15) is 14.4 Å². The molecule has 30 heavy (non-hydrogen) atoms.